The highest BCUT2D eigenvalue weighted by Gasteiger charge is 2.19. The fraction of sp³-hybridized carbons (Fsp3) is 0.440. The third-order valence-corrected chi connectivity index (χ3v) is 6.37. The van der Waals surface area contributed by atoms with E-state index in [1.54, 1.807) is 0 Å². The summed E-state index contributed by atoms with van der Waals surface area (Å²) >= 11 is 0. The minimum atomic E-state index is -0.131. The zero-order valence-corrected chi connectivity index (χ0v) is 19.7. The SMILES string of the molecule is CCc1nc2ccc(C(=O)NCc3ccc4c(c3)OCO4)cn2c1N(C)CCN1CCOCC1. The number of benzene rings is 1. The van der Waals surface area contributed by atoms with Gasteiger partial charge in [0.2, 0.25) is 6.79 Å². The molecule has 0 saturated carbocycles. The lowest BCUT2D eigenvalue weighted by molar-refractivity contribution is 0.0392. The zero-order chi connectivity index (χ0) is 23.5. The van der Waals surface area contributed by atoms with E-state index in [9.17, 15) is 4.79 Å². The van der Waals surface area contributed by atoms with E-state index in [0.29, 0.717) is 17.9 Å². The van der Waals surface area contributed by atoms with Gasteiger partial charge in [0.15, 0.2) is 11.5 Å². The summed E-state index contributed by atoms with van der Waals surface area (Å²) in [5.41, 5.74) is 3.43. The summed E-state index contributed by atoms with van der Waals surface area (Å²) in [6.45, 7) is 8.12. The average Bonchev–Trinajstić information content (AvgIpc) is 3.49. The second-order valence-corrected chi connectivity index (χ2v) is 8.63. The van der Waals surface area contributed by atoms with Crippen LogP contribution in [-0.4, -0.2) is 73.4 Å². The van der Waals surface area contributed by atoms with Gasteiger partial charge in [-0.05, 0) is 36.2 Å². The molecule has 0 spiro atoms. The number of likely N-dealkylation sites (N-methyl/N-ethyl adjacent to an activating group) is 1. The van der Waals surface area contributed by atoms with Crippen molar-refractivity contribution in [1.82, 2.24) is 19.6 Å². The van der Waals surface area contributed by atoms with Crippen LogP contribution < -0.4 is 19.7 Å². The Bertz CT molecular complexity index is 1170. The lowest BCUT2D eigenvalue weighted by Gasteiger charge is -2.29. The van der Waals surface area contributed by atoms with Gasteiger partial charge < -0.3 is 24.4 Å². The average molecular weight is 466 g/mol. The largest absolute Gasteiger partial charge is 0.454 e. The van der Waals surface area contributed by atoms with Crippen molar-refractivity contribution in [2.45, 2.75) is 19.9 Å². The predicted octanol–water partition coefficient (Wildman–Crippen LogP) is 2.32. The molecule has 2 aromatic heterocycles. The summed E-state index contributed by atoms with van der Waals surface area (Å²) in [6, 6.07) is 9.44. The summed E-state index contributed by atoms with van der Waals surface area (Å²) in [5.74, 6) is 2.35. The van der Waals surface area contributed by atoms with Crippen molar-refractivity contribution in [1.29, 1.82) is 0 Å². The van der Waals surface area contributed by atoms with Gasteiger partial charge in [0.25, 0.3) is 5.91 Å². The Morgan fingerprint density at radius 1 is 1.15 bits per heavy atom. The van der Waals surface area contributed by atoms with Gasteiger partial charge in [-0.15, -0.1) is 0 Å². The maximum atomic E-state index is 13.0. The van der Waals surface area contributed by atoms with Crippen LogP contribution in [0.4, 0.5) is 5.82 Å². The lowest BCUT2D eigenvalue weighted by Crippen LogP contribution is -2.41. The molecule has 1 amide bonds. The number of pyridine rings is 1. The van der Waals surface area contributed by atoms with Crippen molar-refractivity contribution in [2.75, 3.05) is 58.1 Å². The number of aryl methyl sites for hydroxylation is 1. The van der Waals surface area contributed by atoms with Gasteiger partial charge in [0, 0.05) is 46.0 Å². The number of nitrogens with zero attached hydrogens (tertiary/aromatic N) is 4. The Morgan fingerprint density at radius 2 is 1.97 bits per heavy atom. The van der Waals surface area contributed by atoms with Crippen molar-refractivity contribution in [2.24, 2.45) is 0 Å². The fourth-order valence-corrected chi connectivity index (χ4v) is 4.41. The Balaban J connectivity index is 1.30. The highest BCUT2D eigenvalue weighted by Crippen LogP contribution is 2.32. The standard InChI is InChI=1S/C25H31N5O4/c1-3-20-25(28(2)8-9-29-10-12-32-13-11-29)30-16-19(5-7-23(30)27-20)24(31)26-15-18-4-6-21-22(14-18)34-17-33-21/h4-7,14,16H,3,8-13,15,17H2,1-2H3,(H,26,31). The van der Waals surface area contributed by atoms with Gasteiger partial charge in [-0.1, -0.05) is 13.0 Å². The fourth-order valence-electron chi connectivity index (χ4n) is 4.41. The molecule has 0 bridgehead atoms. The summed E-state index contributed by atoms with van der Waals surface area (Å²) in [4.78, 5) is 22.4. The number of hydrogen-bond acceptors (Lipinski definition) is 7. The summed E-state index contributed by atoms with van der Waals surface area (Å²) in [7, 11) is 2.09. The van der Waals surface area contributed by atoms with Crippen LogP contribution in [0.2, 0.25) is 0 Å². The molecule has 0 unspecified atom stereocenters. The number of nitrogens with one attached hydrogen (secondary N) is 1. The second kappa shape index (κ2) is 9.90. The number of carbonyl (C=O) groups excluding carboxylic acids is 1. The van der Waals surface area contributed by atoms with Crippen LogP contribution in [-0.2, 0) is 17.7 Å². The van der Waals surface area contributed by atoms with Gasteiger partial charge in [0.1, 0.15) is 11.5 Å². The molecule has 1 aromatic carbocycles. The number of rotatable bonds is 8. The van der Waals surface area contributed by atoms with Crippen molar-refractivity contribution >= 4 is 17.4 Å². The zero-order valence-electron chi connectivity index (χ0n) is 19.7. The van der Waals surface area contributed by atoms with Crippen LogP contribution in [0.15, 0.2) is 36.5 Å². The molecule has 2 aliphatic rings. The molecule has 0 atom stereocenters. The molecule has 1 N–H and O–H groups in total. The van der Waals surface area contributed by atoms with E-state index in [2.05, 4.69) is 29.1 Å². The Kier molecular flexibility index (Phi) is 6.55. The maximum absolute atomic E-state index is 13.0. The van der Waals surface area contributed by atoms with Crippen LogP contribution in [0, 0.1) is 0 Å². The molecule has 1 fully saturated rings. The number of carbonyl (C=O) groups is 1. The van der Waals surface area contributed by atoms with Crippen molar-refractivity contribution in [3.63, 3.8) is 0 Å². The maximum Gasteiger partial charge on any atom is 0.253 e. The number of anilines is 1. The normalized spacial score (nSPS) is 15.6. The molecule has 1 saturated heterocycles. The monoisotopic (exact) mass is 465 g/mol. The van der Waals surface area contributed by atoms with E-state index in [1.165, 1.54) is 0 Å². The van der Waals surface area contributed by atoms with E-state index in [1.807, 2.05) is 40.9 Å². The molecule has 34 heavy (non-hydrogen) atoms. The number of hydrogen-bond donors (Lipinski definition) is 1. The van der Waals surface area contributed by atoms with Gasteiger partial charge in [0.05, 0.1) is 24.5 Å². The van der Waals surface area contributed by atoms with Crippen molar-refractivity contribution in [3.8, 4) is 11.5 Å². The van der Waals surface area contributed by atoms with Crippen LogP contribution in [0.1, 0.15) is 28.5 Å². The number of aromatic nitrogens is 2. The van der Waals surface area contributed by atoms with Gasteiger partial charge in [-0.2, -0.15) is 0 Å². The molecule has 3 aromatic rings. The van der Waals surface area contributed by atoms with E-state index >= 15 is 0 Å². The minimum Gasteiger partial charge on any atom is -0.454 e. The number of amides is 1. The number of ether oxygens (including phenoxy) is 3. The minimum absolute atomic E-state index is 0.131. The second-order valence-electron chi connectivity index (χ2n) is 8.63. The first-order valence-corrected chi connectivity index (χ1v) is 11.8. The van der Waals surface area contributed by atoms with Crippen molar-refractivity contribution < 1.29 is 19.0 Å². The molecular formula is C25H31N5O4. The molecule has 9 heteroatoms. The molecule has 180 valence electrons. The van der Waals surface area contributed by atoms with Crippen LogP contribution in [0.5, 0.6) is 11.5 Å². The van der Waals surface area contributed by atoms with E-state index in [4.69, 9.17) is 19.2 Å². The van der Waals surface area contributed by atoms with E-state index in [0.717, 1.165) is 74.3 Å². The quantitative estimate of drug-likeness (QED) is 0.547. The third kappa shape index (κ3) is 4.67. The summed E-state index contributed by atoms with van der Waals surface area (Å²) in [6.07, 6.45) is 2.71. The lowest BCUT2D eigenvalue weighted by atomic mass is 10.2. The Morgan fingerprint density at radius 3 is 2.79 bits per heavy atom. The first-order valence-electron chi connectivity index (χ1n) is 11.8. The molecule has 0 radical (unpaired) electrons. The van der Waals surface area contributed by atoms with E-state index in [-0.39, 0.29) is 12.7 Å². The first kappa shape index (κ1) is 22.5. The highest BCUT2D eigenvalue weighted by molar-refractivity contribution is 5.94. The molecule has 9 nitrogen and oxygen atoms in total. The van der Waals surface area contributed by atoms with Gasteiger partial charge in [-0.25, -0.2) is 4.98 Å². The van der Waals surface area contributed by atoms with Gasteiger partial charge in [-0.3, -0.25) is 14.1 Å². The molecule has 5 rings (SSSR count). The Hall–Kier alpha value is -3.30. The van der Waals surface area contributed by atoms with Crippen molar-refractivity contribution in [3.05, 3.63) is 53.3 Å². The molecule has 4 heterocycles. The molecule has 0 aliphatic carbocycles. The predicted molar refractivity (Wildman–Crippen MR) is 129 cm³/mol. The van der Waals surface area contributed by atoms with Crippen LogP contribution >= 0.6 is 0 Å². The smallest absolute Gasteiger partial charge is 0.253 e. The van der Waals surface area contributed by atoms with E-state index < -0.39 is 0 Å². The molecular weight excluding hydrogens is 434 g/mol. The number of morpholine rings is 1. The third-order valence-electron chi connectivity index (χ3n) is 6.37. The topological polar surface area (TPSA) is 80.6 Å². The van der Waals surface area contributed by atoms with Crippen LogP contribution in [0.3, 0.4) is 0 Å². The van der Waals surface area contributed by atoms with Crippen LogP contribution in [0.25, 0.3) is 5.65 Å². The molecule has 2 aliphatic heterocycles. The number of imidazole rings is 1. The van der Waals surface area contributed by atoms with Gasteiger partial charge >= 0.3 is 0 Å². The summed E-state index contributed by atoms with van der Waals surface area (Å²) in [5, 5.41) is 3.01. The highest BCUT2D eigenvalue weighted by atomic mass is 16.7. The Labute approximate surface area is 199 Å². The number of fused-ring (bicyclic) bond motifs is 2. The first-order chi connectivity index (χ1) is 16.6. The summed E-state index contributed by atoms with van der Waals surface area (Å²) < 4.78 is 18.3.